The van der Waals surface area contributed by atoms with Crippen molar-refractivity contribution >= 4 is 17.9 Å². The van der Waals surface area contributed by atoms with Gasteiger partial charge < -0.3 is 28.6 Å². The van der Waals surface area contributed by atoms with Gasteiger partial charge in [-0.2, -0.15) is 0 Å². The number of carboxylic acid groups (broad SMARTS) is 1. The third-order valence-corrected chi connectivity index (χ3v) is 7.67. The van der Waals surface area contributed by atoms with Gasteiger partial charge in [-0.05, 0) is 51.4 Å². The van der Waals surface area contributed by atoms with Crippen molar-refractivity contribution in [2.75, 3.05) is 41.0 Å². The van der Waals surface area contributed by atoms with Crippen molar-refractivity contribution in [3.05, 3.63) is 60.8 Å². The van der Waals surface area contributed by atoms with E-state index in [1.165, 1.54) is 25.7 Å². The number of ether oxygens (including phenoxy) is 3. The van der Waals surface area contributed by atoms with Crippen LogP contribution in [0, 0.1) is 0 Å². The summed E-state index contributed by atoms with van der Waals surface area (Å²) < 4.78 is 16.9. The third kappa shape index (κ3) is 29.2. The Labute approximate surface area is 292 Å². The molecule has 8 nitrogen and oxygen atoms in total. The number of carbonyl (C=O) groups is 3. The van der Waals surface area contributed by atoms with E-state index in [4.69, 9.17) is 14.2 Å². The first-order chi connectivity index (χ1) is 23.1. The summed E-state index contributed by atoms with van der Waals surface area (Å²) >= 11 is 0. The first-order valence-electron chi connectivity index (χ1n) is 18.3. The number of hydrogen-bond donors (Lipinski definition) is 0. The maximum atomic E-state index is 12.5. The van der Waals surface area contributed by atoms with E-state index in [0.717, 1.165) is 57.8 Å². The summed E-state index contributed by atoms with van der Waals surface area (Å²) in [7, 11) is 5.36. The summed E-state index contributed by atoms with van der Waals surface area (Å²) in [6, 6.07) is -0.732. The van der Waals surface area contributed by atoms with E-state index in [-0.39, 0.29) is 49.1 Å². The molecule has 0 spiro atoms. The van der Waals surface area contributed by atoms with E-state index in [0.29, 0.717) is 12.8 Å². The van der Waals surface area contributed by atoms with Crippen LogP contribution in [0.25, 0.3) is 0 Å². The van der Waals surface area contributed by atoms with Gasteiger partial charge in [0.25, 0.3) is 0 Å². The third-order valence-electron chi connectivity index (χ3n) is 7.67. The highest BCUT2D eigenvalue weighted by molar-refractivity contribution is 5.70. The average molecular weight is 674 g/mol. The number of carbonyl (C=O) groups excluding carboxylic acids is 3. The molecule has 0 radical (unpaired) electrons. The molecule has 0 rings (SSSR count). The number of allylic oxidation sites excluding steroid dienone is 10. The standard InChI is InChI=1S/C40H67NO7/c1-6-8-10-12-14-15-16-17-18-19-20-21-22-23-25-26-28-30-38(42)47-35-36(34-46-33-32-37(40(44)45)41(3,4)5)48-39(43)31-29-27-24-13-11-9-7-2/h8,10,14-15,17-18,20-21,23,25,36-37H,6-7,9,11-13,16,19,22,24,26-35H2,1-5H3/b10-8+,15-14+,18-17+,21-20+,25-23+. The minimum absolute atomic E-state index is 0.0208. The van der Waals surface area contributed by atoms with Gasteiger partial charge in [0, 0.05) is 19.3 Å². The maximum Gasteiger partial charge on any atom is 0.306 e. The normalized spacial score (nSPS) is 13.8. The van der Waals surface area contributed by atoms with Crippen molar-refractivity contribution in [2.24, 2.45) is 0 Å². The molecular weight excluding hydrogens is 606 g/mol. The summed E-state index contributed by atoms with van der Waals surface area (Å²) in [5, 5.41) is 11.5. The van der Waals surface area contributed by atoms with Crippen molar-refractivity contribution in [1.29, 1.82) is 0 Å². The SMILES string of the molecule is CC/C=C/C/C=C/C/C=C/C/C=C/C/C=C/CCCC(=O)OCC(COCCC(C(=O)[O-])[N+](C)(C)C)OC(=O)CCCCCCCCC. The molecule has 0 aliphatic rings. The molecular formula is C40H67NO7. The Morgan fingerprint density at radius 2 is 1.17 bits per heavy atom. The zero-order valence-corrected chi connectivity index (χ0v) is 30.9. The smallest absolute Gasteiger partial charge is 0.306 e. The highest BCUT2D eigenvalue weighted by Gasteiger charge is 2.25. The number of aliphatic carboxylic acids is 1. The molecule has 0 heterocycles. The van der Waals surface area contributed by atoms with E-state index in [2.05, 4.69) is 74.6 Å². The molecule has 0 aliphatic carbocycles. The van der Waals surface area contributed by atoms with Crippen LogP contribution >= 0.6 is 0 Å². The lowest BCUT2D eigenvalue weighted by molar-refractivity contribution is -0.889. The maximum absolute atomic E-state index is 12.5. The topological polar surface area (TPSA) is 102 Å². The largest absolute Gasteiger partial charge is 0.544 e. The summed E-state index contributed by atoms with van der Waals surface area (Å²) in [4.78, 5) is 36.4. The van der Waals surface area contributed by atoms with Crippen LogP contribution in [0.4, 0.5) is 0 Å². The van der Waals surface area contributed by atoms with Crippen LogP contribution in [-0.2, 0) is 28.6 Å². The van der Waals surface area contributed by atoms with Gasteiger partial charge >= 0.3 is 11.9 Å². The highest BCUT2D eigenvalue weighted by Crippen LogP contribution is 2.11. The molecule has 0 aromatic heterocycles. The number of carboxylic acids is 1. The molecule has 274 valence electrons. The first-order valence-corrected chi connectivity index (χ1v) is 18.3. The molecule has 0 bridgehead atoms. The second-order valence-electron chi connectivity index (χ2n) is 13.1. The van der Waals surface area contributed by atoms with Crippen LogP contribution < -0.4 is 5.11 Å². The van der Waals surface area contributed by atoms with Gasteiger partial charge in [0.1, 0.15) is 12.6 Å². The Kier molecular flexibility index (Phi) is 29.4. The number of likely N-dealkylation sites (N-methyl/N-ethyl adjacent to an activating group) is 1. The Bertz CT molecular complexity index is 975. The fourth-order valence-corrected chi connectivity index (χ4v) is 4.81. The lowest BCUT2D eigenvalue weighted by Crippen LogP contribution is -2.55. The number of unbranched alkanes of at least 4 members (excludes halogenated alkanes) is 7. The number of esters is 2. The van der Waals surface area contributed by atoms with E-state index in [1.807, 2.05) is 0 Å². The Balaban J connectivity index is 4.47. The molecule has 0 saturated carbocycles. The van der Waals surface area contributed by atoms with Gasteiger partial charge in [0.05, 0.1) is 40.3 Å². The second-order valence-corrected chi connectivity index (χ2v) is 13.1. The number of quaternary nitrogens is 1. The fourth-order valence-electron chi connectivity index (χ4n) is 4.81. The van der Waals surface area contributed by atoms with Crippen molar-refractivity contribution in [1.82, 2.24) is 0 Å². The van der Waals surface area contributed by atoms with E-state index in [1.54, 1.807) is 21.1 Å². The minimum atomic E-state index is -1.14. The summed E-state index contributed by atoms with van der Waals surface area (Å²) in [5.74, 6) is -1.83. The summed E-state index contributed by atoms with van der Waals surface area (Å²) in [5.41, 5.74) is 0. The second kappa shape index (κ2) is 31.3. The molecule has 2 atom stereocenters. The zero-order chi connectivity index (χ0) is 35.7. The van der Waals surface area contributed by atoms with Crippen molar-refractivity contribution in [3.8, 4) is 0 Å². The molecule has 0 aromatic carbocycles. The van der Waals surface area contributed by atoms with Crippen molar-refractivity contribution in [2.45, 2.75) is 135 Å². The van der Waals surface area contributed by atoms with E-state index < -0.39 is 18.1 Å². The van der Waals surface area contributed by atoms with E-state index in [9.17, 15) is 19.5 Å². The first kappa shape index (κ1) is 45.0. The van der Waals surface area contributed by atoms with Crippen molar-refractivity contribution in [3.63, 3.8) is 0 Å². The molecule has 8 heteroatoms. The monoisotopic (exact) mass is 673 g/mol. The van der Waals surface area contributed by atoms with Crippen LogP contribution in [0.5, 0.6) is 0 Å². The number of nitrogens with zero attached hydrogens (tertiary/aromatic N) is 1. The Hall–Kier alpha value is -2.97. The lowest BCUT2D eigenvalue weighted by Gasteiger charge is -2.34. The van der Waals surface area contributed by atoms with Gasteiger partial charge in [-0.15, -0.1) is 0 Å². The molecule has 48 heavy (non-hydrogen) atoms. The predicted octanol–water partition coefficient (Wildman–Crippen LogP) is 7.74. The highest BCUT2D eigenvalue weighted by atomic mass is 16.6. The molecule has 0 aromatic rings. The molecule has 0 saturated heterocycles. The van der Waals surface area contributed by atoms with Crippen LogP contribution in [0.1, 0.15) is 123 Å². The molecule has 0 fully saturated rings. The van der Waals surface area contributed by atoms with Gasteiger partial charge in [-0.1, -0.05) is 113 Å². The quantitative estimate of drug-likeness (QED) is 0.0321. The molecule has 0 N–H and O–H groups in total. The molecule has 0 aliphatic heterocycles. The van der Waals surface area contributed by atoms with Gasteiger partial charge in [0.2, 0.25) is 0 Å². The van der Waals surface area contributed by atoms with Gasteiger partial charge in [0.15, 0.2) is 6.10 Å². The average Bonchev–Trinajstić information content (AvgIpc) is 3.03. The summed E-state index contributed by atoms with van der Waals surface area (Å²) in [6.45, 7) is 4.41. The van der Waals surface area contributed by atoms with Crippen LogP contribution in [0.2, 0.25) is 0 Å². The zero-order valence-electron chi connectivity index (χ0n) is 30.9. The Morgan fingerprint density at radius 3 is 1.71 bits per heavy atom. The van der Waals surface area contributed by atoms with E-state index >= 15 is 0 Å². The van der Waals surface area contributed by atoms with Crippen LogP contribution in [0.3, 0.4) is 0 Å². The summed E-state index contributed by atoms with van der Waals surface area (Å²) in [6.07, 6.45) is 35.5. The minimum Gasteiger partial charge on any atom is -0.544 e. The molecule has 2 unspecified atom stereocenters. The number of hydrogen-bond acceptors (Lipinski definition) is 7. The molecule has 0 amide bonds. The Morgan fingerprint density at radius 1 is 0.646 bits per heavy atom. The predicted molar refractivity (Wildman–Crippen MR) is 194 cm³/mol. The van der Waals surface area contributed by atoms with Gasteiger partial charge in [-0.3, -0.25) is 9.59 Å². The van der Waals surface area contributed by atoms with Crippen LogP contribution in [0.15, 0.2) is 60.8 Å². The fraction of sp³-hybridized carbons (Fsp3) is 0.675. The van der Waals surface area contributed by atoms with Crippen LogP contribution in [-0.4, -0.2) is 75.5 Å². The van der Waals surface area contributed by atoms with Crippen molar-refractivity contribution < 1.29 is 38.2 Å². The van der Waals surface area contributed by atoms with Gasteiger partial charge in [-0.25, -0.2) is 0 Å². The lowest BCUT2D eigenvalue weighted by atomic mass is 10.1. The number of rotatable bonds is 31.